The molecule has 0 aliphatic carbocycles. The molecule has 1 N–H and O–H groups in total. The molecule has 1 amide bonds. The Balaban J connectivity index is 2.70. The molecule has 5 heteroatoms. The first-order chi connectivity index (χ1) is 6.54. The normalized spacial score (nSPS) is 12.6. The Morgan fingerprint density at radius 2 is 2.36 bits per heavy atom. The average molecular weight is 341 g/mol. The summed E-state index contributed by atoms with van der Waals surface area (Å²) in [4.78, 5) is 12.4. The van der Waals surface area contributed by atoms with E-state index in [1.807, 2.05) is 19.9 Å². The summed E-state index contributed by atoms with van der Waals surface area (Å²) in [5.41, 5.74) is 1.10. The van der Waals surface area contributed by atoms with E-state index in [1.54, 1.807) is 0 Å². The van der Waals surface area contributed by atoms with Crippen molar-refractivity contribution in [3.05, 3.63) is 20.3 Å². The minimum Gasteiger partial charge on any atom is -0.348 e. The summed E-state index contributed by atoms with van der Waals surface area (Å²) in [6, 6.07) is 2.05. The largest absolute Gasteiger partial charge is 0.348 e. The van der Waals surface area contributed by atoms with Crippen LogP contribution in [0.4, 0.5) is 0 Å². The summed E-state index contributed by atoms with van der Waals surface area (Å²) in [6.07, 6.45) is 0. The maximum absolute atomic E-state index is 11.6. The first-order valence-electron chi connectivity index (χ1n) is 4.17. The summed E-state index contributed by atoms with van der Waals surface area (Å²) >= 11 is 8.18. The van der Waals surface area contributed by atoms with Gasteiger partial charge >= 0.3 is 0 Å². The highest BCUT2D eigenvalue weighted by Gasteiger charge is 2.12. The van der Waals surface area contributed by atoms with Crippen LogP contribution in [0.3, 0.4) is 0 Å². The Kier molecular flexibility index (Phi) is 4.60. The number of rotatable bonds is 3. The smallest absolute Gasteiger partial charge is 0.261 e. The molecule has 0 aliphatic heterocycles. The van der Waals surface area contributed by atoms with E-state index in [0.29, 0.717) is 0 Å². The zero-order valence-corrected chi connectivity index (χ0v) is 11.9. The highest BCUT2D eigenvalue weighted by Crippen LogP contribution is 2.27. The summed E-state index contributed by atoms with van der Waals surface area (Å²) in [6.45, 7) is 3.94. The van der Waals surface area contributed by atoms with Gasteiger partial charge in [0.05, 0.1) is 8.66 Å². The van der Waals surface area contributed by atoms with Crippen LogP contribution in [0, 0.1) is 6.92 Å². The molecule has 1 heterocycles. The maximum Gasteiger partial charge on any atom is 0.261 e. The van der Waals surface area contributed by atoms with Crippen molar-refractivity contribution in [2.24, 2.45) is 0 Å². The van der Waals surface area contributed by atoms with Gasteiger partial charge in [0.2, 0.25) is 0 Å². The second kappa shape index (κ2) is 5.28. The van der Waals surface area contributed by atoms with E-state index in [0.717, 1.165) is 19.6 Å². The standard InChI is InChI=1S/C9H11Br2NOS/c1-5-3-7(14-8(5)11)9(13)12-6(2)4-10/h3,6H,4H2,1-2H3,(H,12,13). The van der Waals surface area contributed by atoms with E-state index in [4.69, 9.17) is 0 Å². The topological polar surface area (TPSA) is 29.1 Å². The van der Waals surface area contributed by atoms with Gasteiger partial charge in [-0.05, 0) is 41.4 Å². The lowest BCUT2D eigenvalue weighted by Crippen LogP contribution is -2.32. The van der Waals surface area contributed by atoms with Gasteiger partial charge in [-0.25, -0.2) is 0 Å². The SMILES string of the molecule is Cc1cc(C(=O)NC(C)CBr)sc1Br. The molecule has 0 radical (unpaired) electrons. The Morgan fingerprint density at radius 1 is 1.71 bits per heavy atom. The number of nitrogens with one attached hydrogen (secondary N) is 1. The van der Waals surface area contributed by atoms with Crippen LogP contribution in [-0.2, 0) is 0 Å². The second-order valence-electron chi connectivity index (χ2n) is 3.10. The van der Waals surface area contributed by atoms with Gasteiger partial charge in [0.15, 0.2) is 0 Å². The molecule has 0 saturated heterocycles. The van der Waals surface area contributed by atoms with E-state index < -0.39 is 0 Å². The van der Waals surface area contributed by atoms with Crippen LogP contribution in [-0.4, -0.2) is 17.3 Å². The Morgan fingerprint density at radius 3 is 2.79 bits per heavy atom. The van der Waals surface area contributed by atoms with Crippen molar-refractivity contribution in [1.29, 1.82) is 0 Å². The third kappa shape index (κ3) is 3.07. The number of carbonyl (C=O) groups is 1. The molecule has 0 fully saturated rings. The van der Waals surface area contributed by atoms with Crippen LogP contribution in [0.2, 0.25) is 0 Å². The molecule has 0 aliphatic rings. The minimum atomic E-state index is -0.00394. The van der Waals surface area contributed by atoms with E-state index in [9.17, 15) is 4.79 Å². The van der Waals surface area contributed by atoms with Crippen molar-refractivity contribution >= 4 is 49.1 Å². The molecule has 14 heavy (non-hydrogen) atoms. The zero-order chi connectivity index (χ0) is 10.7. The number of aryl methyl sites for hydroxylation is 1. The van der Waals surface area contributed by atoms with E-state index in [-0.39, 0.29) is 11.9 Å². The number of amides is 1. The molecular formula is C9H11Br2NOS. The predicted molar refractivity (Wildman–Crippen MR) is 67.5 cm³/mol. The Bertz CT molecular complexity index is 318. The molecule has 1 aromatic heterocycles. The van der Waals surface area contributed by atoms with E-state index in [2.05, 4.69) is 37.2 Å². The van der Waals surface area contributed by atoms with Crippen molar-refractivity contribution in [3.63, 3.8) is 0 Å². The number of carbonyl (C=O) groups excluding carboxylic acids is 1. The molecule has 1 aromatic rings. The fourth-order valence-corrected chi connectivity index (χ4v) is 2.51. The molecule has 1 rings (SSSR count). The van der Waals surface area contributed by atoms with Crippen LogP contribution in [0.25, 0.3) is 0 Å². The number of thiophene rings is 1. The van der Waals surface area contributed by atoms with Crippen molar-refractivity contribution in [1.82, 2.24) is 5.32 Å². The molecule has 1 atom stereocenters. The Labute approximate surface area is 104 Å². The Hall–Kier alpha value is 0.130. The lowest BCUT2D eigenvalue weighted by atomic mass is 10.3. The summed E-state index contributed by atoms with van der Waals surface area (Å²) < 4.78 is 1.02. The number of alkyl halides is 1. The number of hydrogen-bond donors (Lipinski definition) is 1. The van der Waals surface area contributed by atoms with Crippen molar-refractivity contribution < 1.29 is 4.79 Å². The molecule has 0 spiro atoms. The maximum atomic E-state index is 11.6. The summed E-state index contributed by atoms with van der Waals surface area (Å²) in [7, 11) is 0. The highest BCUT2D eigenvalue weighted by molar-refractivity contribution is 9.11. The van der Waals surface area contributed by atoms with Gasteiger partial charge in [-0.2, -0.15) is 0 Å². The van der Waals surface area contributed by atoms with Crippen LogP contribution in [0.1, 0.15) is 22.2 Å². The first-order valence-corrected chi connectivity index (χ1v) is 6.90. The lowest BCUT2D eigenvalue weighted by Gasteiger charge is -2.08. The average Bonchev–Trinajstić information content (AvgIpc) is 2.47. The fraction of sp³-hybridized carbons (Fsp3) is 0.444. The van der Waals surface area contributed by atoms with Crippen LogP contribution in [0.5, 0.6) is 0 Å². The monoisotopic (exact) mass is 339 g/mol. The van der Waals surface area contributed by atoms with Gasteiger partial charge in [0.25, 0.3) is 5.91 Å². The number of halogens is 2. The van der Waals surface area contributed by atoms with Crippen LogP contribution in [0.15, 0.2) is 9.85 Å². The second-order valence-corrected chi connectivity index (χ2v) is 6.11. The molecular weight excluding hydrogens is 330 g/mol. The van der Waals surface area contributed by atoms with Gasteiger partial charge in [0, 0.05) is 11.4 Å². The zero-order valence-electron chi connectivity index (χ0n) is 7.93. The quantitative estimate of drug-likeness (QED) is 0.840. The molecule has 1 unspecified atom stereocenters. The minimum absolute atomic E-state index is 0.00394. The van der Waals surface area contributed by atoms with Crippen LogP contribution < -0.4 is 5.32 Å². The van der Waals surface area contributed by atoms with E-state index in [1.165, 1.54) is 11.3 Å². The molecule has 0 saturated carbocycles. The van der Waals surface area contributed by atoms with Crippen molar-refractivity contribution in [2.45, 2.75) is 19.9 Å². The van der Waals surface area contributed by atoms with Crippen LogP contribution >= 0.6 is 43.2 Å². The van der Waals surface area contributed by atoms with E-state index >= 15 is 0 Å². The third-order valence-electron chi connectivity index (χ3n) is 1.69. The first kappa shape index (κ1) is 12.2. The molecule has 78 valence electrons. The van der Waals surface area contributed by atoms with Gasteiger partial charge in [-0.1, -0.05) is 15.9 Å². The van der Waals surface area contributed by atoms with Gasteiger partial charge in [0.1, 0.15) is 0 Å². The highest BCUT2D eigenvalue weighted by atomic mass is 79.9. The van der Waals surface area contributed by atoms with Gasteiger partial charge in [-0.3, -0.25) is 4.79 Å². The summed E-state index contributed by atoms with van der Waals surface area (Å²) in [5.74, 6) is -0.00394. The molecule has 0 aromatic carbocycles. The lowest BCUT2D eigenvalue weighted by molar-refractivity contribution is 0.0948. The molecule has 0 bridgehead atoms. The fourth-order valence-electron chi connectivity index (χ4n) is 0.905. The predicted octanol–water partition coefficient (Wildman–Crippen LogP) is 3.33. The third-order valence-corrected chi connectivity index (χ3v) is 4.80. The number of hydrogen-bond acceptors (Lipinski definition) is 2. The molecule has 2 nitrogen and oxygen atoms in total. The van der Waals surface area contributed by atoms with Gasteiger partial charge < -0.3 is 5.32 Å². The van der Waals surface area contributed by atoms with Crippen molar-refractivity contribution in [3.8, 4) is 0 Å². The van der Waals surface area contributed by atoms with Gasteiger partial charge in [-0.15, -0.1) is 11.3 Å². The summed E-state index contributed by atoms with van der Waals surface area (Å²) in [5, 5.41) is 3.66. The van der Waals surface area contributed by atoms with Crippen molar-refractivity contribution in [2.75, 3.05) is 5.33 Å².